The van der Waals surface area contributed by atoms with Crippen LogP contribution in [0.3, 0.4) is 0 Å². The van der Waals surface area contributed by atoms with Crippen molar-refractivity contribution in [3.8, 4) is 11.1 Å². The van der Waals surface area contributed by atoms with Crippen LogP contribution in [0.15, 0.2) is 70.8 Å². The molecule has 134 valence electrons. The van der Waals surface area contributed by atoms with Gasteiger partial charge in [-0.3, -0.25) is 0 Å². The SMILES string of the molecule is CC1=C(C)[C](C)([Zr]([Br])([Br])[CH]2c3ccccc3-c3ccccc32)C(C)=C1C. The molecule has 0 unspecified atom stereocenters. The number of allylic oxidation sites excluding steroid dienone is 4. The number of rotatable bonds is 2. The summed E-state index contributed by atoms with van der Waals surface area (Å²) in [5.74, 6) is 0. The molecule has 2 aliphatic rings. The minimum atomic E-state index is -3.12. The summed E-state index contributed by atoms with van der Waals surface area (Å²) in [6, 6.07) is 18.0. The van der Waals surface area contributed by atoms with E-state index >= 15 is 0 Å². The van der Waals surface area contributed by atoms with Gasteiger partial charge in [0.2, 0.25) is 0 Å². The molecular weight excluding hydrogens is 527 g/mol. The van der Waals surface area contributed by atoms with Crippen molar-refractivity contribution in [3.63, 3.8) is 0 Å². The van der Waals surface area contributed by atoms with Crippen molar-refractivity contribution in [3.05, 3.63) is 82.0 Å². The number of hydrogen-bond acceptors (Lipinski definition) is 0. The Morgan fingerprint density at radius 1 is 0.731 bits per heavy atom. The molecule has 0 saturated heterocycles. The average Bonchev–Trinajstić information content (AvgIpc) is 3.06. The van der Waals surface area contributed by atoms with Crippen molar-refractivity contribution >= 4 is 24.4 Å². The monoisotopic (exact) mass is 548 g/mol. The summed E-state index contributed by atoms with van der Waals surface area (Å²) >= 11 is 5.73. The zero-order chi connectivity index (χ0) is 18.9. The van der Waals surface area contributed by atoms with E-state index in [9.17, 15) is 0 Å². The summed E-state index contributed by atoms with van der Waals surface area (Å²) in [6.45, 7) is 11.7. The predicted octanol–water partition coefficient (Wildman–Crippen LogP) is 8.40. The third-order valence-electron chi connectivity index (χ3n) is 7.05. The fourth-order valence-electron chi connectivity index (χ4n) is 4.93. The van der Waals surface area contributed by atoms with E-state index in [1.165, 1.54) is 33.4 Å². The van der Waals surface area contributed by atoms with E-state index in [1.54, 1.807) is 11.1 Å². The minimum absolute atomic E-state index is 0.109. The normalized spacial score (nSPS) is 19.2. The van der Waals surface area contributed by atoms with E-state index in [4.69, 9.17) is 0 Å². The van der Waals surface area contributed by atoms with Gasteiger partial charge in [-0.05, 0) is 0 Å². The van der Waals surface area contributed by atoms with E-state index in [0.29, 0.717) is 3.63 Å². The molecule has 0 aromatic heterocycles. The molecule has 3 heteroatoms. The van der Waals surface area contributed by atoms with Crippen molar-refractivity contribution in [1.29, 1.82) is 0 Å². The Kier molecular flexibility index (Phi) is 4.70. The van der Waals surface area contributed by atoms with Crippen LogP contribution in [-0.4, -0.2) is 0 Å². The first-order valence-corrected chi connectivity index (χ1v) is 23.0. The van der Waals surface area contributed by atoms with E-state index in [1.807, 2.05) is 0 Å². The molecule has 0 atom stereocenters. The Morgan fingerprint density at radius 2 is 1.12 bits per heavy atom. The van der Waals surface area contributed by atoms with Crippen molar-refractivity contribution in [2.45, 2.75) is 41.4 Å². The van der Waals surface area contributed by atoms with Gasteiger partial charge in [0.05, 0.1) is 0 Å². The molecule has 2 aromatic carbocycles. The average molecular weight is 551 g/mol. The number of halogens is 2. The van der Waals surface area contributed by atoms with Crippen LogP contribution in [0.2, 0.25) is 3.12 Å². The molecule has 0 bridgehead atoms. The Labute approximate surface area is 173 Å². The van der Waals surface area contributed by atoms with Gasteiger partial charge in [-0.1, -0.05) is 0 Å². The molecule has 0 saturated carbocycles. The van der Waals surface area contributed by atoms with Crippen molar-refractivity contribution in [2.24, 2.45) is 0 Å². The van der Waals surface area contributed by atoms with Crippen LogP contribution in [0.1, 0.15) is 49.4 Å². The molecule has 0 fully saturated rings. The van der Waals surface area contributed by atoms with Gasteiger partial charge in [-0.25, -0.2) is 0 Å². The van der Waals surface area contributed by atoms with Crippen LogP contribution in [0.25, 0.3) is 11.1 Å². The van der Waals surface area contributed by atoms with Gasteiger partial charge < -0.3 is 0 Å². The van der Waals surface area contributed by atoms with Gasteiger partial charge in [0.1, 0.15) is 0 Å². The molecular formula is C23H24Br2Zr. The zero-order valence-corrected chi connectivity index (χ0v) is 21.6. The number of hydrogen-bond donors (Lipinski definition) is 0. The van der Waals surface area contributed by atoms with E-state index < -0.39 is 15.6 Å². The Morgan fingerprint density at radius 3 is 1.54 bits per heavy atom. The first kappa shape index (κ1) is 19.1. The second-order valence-electron chi connectivity index (χ2n) is 7.86. The molecule has 0 heterocycles. The topological polar surface area (TPSA) is 0 Å². The maximum atomic E-state index is 4.43. The Bertz CT molecular complexity index is 912. The van der Waals surface area contributed by atoms with Gasteiger partial charge in [0, 0.05) is 0 Å². The fourth-order valence-corrected chi connectivity index (χ4v) is 25.8. The molecule has 26 heavy (non-hydrogen) atoms. The van der Waals surface area contributed by atoms with Gasteiger partial charge in [0.15, 0.2) is 0 Å². The van der Waals surface area contributed by atoms with Crippen LogP contribution < -0.4 is 0 Å². The van der Waals surface area contributed by atoms with Crippen LogP contribution in [0.4, 0.5) is 0 Å². The van der Waals surface area contributed by atoms with Crippen molar-refractivity contribution in [2.75, 3.05) is 0 Å². The van der Waals surface area contributed by atoms with Crippen molar-refractivity contribution in [1.82, 2.24) is 0 Å². The summed E-state index contributed by atoms with van der Waals surface area (Å²) in [4.78, 5) is 0. The van der Waals surface area contributed by atoms with Crippen LogP contribution >= 0.6 is 24.4 Å². The van der Waals surface area contributed by atoms with Crippen LogP contribution in [-0.2, 0) is 15.6 Å². The molecule has 0 radical (unpaired) electrons. The van der Waals surface area contributed by atoms with Crippen LogP contribution in [0.5, 0.6) is 0 Å². The summed E-state index contributed by atoms with van der Waals surface area (Å²) < 4.78 is 0.559. The molecule has 0 aliphatic heterocycles. The maximum absolute atomic E-state index is 4.43. The van der Waals surface area contributed by atoms with Gasteiger partial charge in [-0.2, -0.15) is 0 Å². The third-order valence-corrected chi connectivity index (χ3v) is 30.3. The molecule has 4 rings (SSSR count). The molecule has 2 aliphatic carbocycles. The van der Waals surface area contributed by atoms with Crippen molar-refractivity contribution < 1.29 is 15.6 Å². The van der Waals surface area contributed by atoms with Gasteiger partial charge >= 0.3 is 174 Å². The van der Waals surface area contributed by atoms with E-state index in [-0.39, 0.29) is 3.12 Å². The van der Waals surface area contributed by atoms with Gasteiger partial charge in [0.25, 0.3) is 0 Å². The molecule has 0 N–H and O–H groups in total. The summed E-state index contributed by atoms with van der Waals surface area (Å²) in [6.07, 6.45) is 0. The second-order valence-corrected chi connectivity index (χ2v) is 35.9. The zero-order valence-electron chi connectivity index (χ0n) is 16.0. The second kappa shape index (κ2) is 6.39. The first-order chi connectivity index (χ1) is 12.2. The van der Waals surface area contributed by atoms with Crippen LogP contribution in [0, 0.1) is 0 Å². The number of fused-ring (bicyclic) bond motifs is 3. The first-order valence-electron chi connectivity index (χ1n) is 9.15. The quantitative estimate of drug-likeness (QED) is 0.352. The third kappa shape index (κ3) is 2.33. The van der Waals surface area contributed by atoms with E-state index in [0.717, 1.165) is 0 Å². The summed E-state index contributed by atoms with van der Waals surface area (Å²) in [5, 5.41) is 0. The number of benzene rings is 2. The summed E-state index contributed by atoms with van der Waals surface area (Å²) in [5.41, 5.74) is 11.8. The molecule has 0 spiro atoms. The van der Waals surface area contributed by atoms with Gasteiger partial charge in [-0.15, -0.1) is 0 Å². The standard InChI is InChI=1S/C13H9.C10H15.2BrH.Zr/c1-3-7-12-10(5-1)9-11-6-2-4-8-13(11)12;1-6-7(2)9(4)10(5)8(6)3;;;/h1-9H;1-5H3;2*1H;/q;;;;+2/p-2. The van der Waals surface area contributed by atoms with E-state index in [2.05, 4.69) is 108 Å². The molecule has 0 amide bonds. The fraction of sp³-hybridized carbons (Fsp3) is 0.304. The summed E-state index contributed by atoms with van der Waals surface area (Å²) in [7, 11) is 0. The molecule has 0 nitrogen and oxygen atoms in total. The Hall–Kier alpha value is -0.237. The molecule has 2 aromatic rings. The predicted molar refractivity (Wildman–Crippen MR) is 117 cm³/mol. The Balaban J connectivity index is 1.99.